The van der Waals surface area contributed by atoms with Crippen molar-refractivity contribution in [3.8, 4) is 6.07 Å². The maximum atomic E-state index is 15.1. The number of anilines is 3. The number of rotatable bonds is 4. The van der Waals surface area contributed by atoms with Crippen LogP contribution in [0.3, 0.4) is 0 Å². The second-order valence-electron chi connectivity index (χ2n) is 9.74. The summed E-state index contributed by atoms with van der Waals surface area (Å²) in [5.74, 6) is -0.267. The number of alkyl halides is 7. The smallest absolute Gasteiger partial charge is 0.331 e. The lowest BCUT2D eigenvalue weighted by Gasteiger charge is -2.32. The Morgan fingerprint density at radius 1 is 1.00 bits per heavy atom. The predicted octanol–water partition coefficient (Wildman–Crippen LogP) is 8.59. The van der Waals surface area contributed by atoms with E-state index < -0.39 is 52.1 Å². The molecule has 0 spiro atoms. The Balaban J connectivity index is 1.89. The van der Waals surface area contributed by atoms with Crippen LogP contribution in [-0.4, -0.2) is 28.3 Å². The van der Waals surface area contributed by atoms with E-state index in [1.54, 1.807) is 24.3 Å². The summed E-state index contributed by atoms with van der Waals surface area (Å²) in [6.45, 7) is 9.19. The fourth-order valence-corrected chi connectivity index (χ4v) is 5.25. The van der Waals surface area contributed by atoms with Crippen molar-refractivity contribution in [2.24, 2.45) is 4.99 Å². The van der Waals surface area contributed by atoms with Gasteiger partial charge in [-0.1, -0.05) is 23.8 Å². The number of amidine groups is 1. The van der Waals surface area contributed by atoms with Gasteiger partial charge in [0.25, 0.3) is 0 Å². The van der Waals surface area contributed by atoms with Gasteiger partial charge in [-0.2, -0.15) is 31.6 Å². The van der Waals surface area contributed by atoms with Crippen molar-refractivity contribution in [2.75, 3.05) is 21.8 Å². The van der Waals surface area contributed by atoms with Crippen molar-refractivity contribution < 1.29 is 30.7 Å². The first kappa shape index (κ1) is 32.3. The van der Waals surface area contributed by atoms with E-state index in [2.05, 4.69) is 15.2 Å². The van der Waals surface area contributed by atoms with Crippen molar-refractivity contribution >= 4 is 63.2 Å². The minimum absolute atomic E-state index is 0.169. The fraction of sp³-hybridized carbons (Fsp3) is 0.207. The summed E-state index contributed by atoms with van der Waals surface area (Å²) in [7, 11) is 0. The summed E-state index contributed by atoms with van der Waals surface area (Å²) in [4.78, 5) is 9.63. The van der Waals surface area contributed by atoms with Gasteiger partial charge in [0, 0.05) is 17.1 Å². The van der Waals surface area contributed by atoms with E-state index in [1.807, 2.05) is 6.92 Å². The number of nitrogens with zero attached hydrogens (tertiary/aromatic N) is 5. The second-order valence-corrected chi connectivity index (χ2v) is 10.5. The average molecular weight is 649 g/mol. The Bertz CT molecular complexity index is 1750. The Morgan fingerprint density at radius 3 is 2.16 bits per heavy atom. The number of halogens is 7. The van der Waals surface area contributed by atoms with Crippen LogP contribution in [0.4, 0.5) is 53.5 Å². The van der Waals surface area contributed by atoms with Gasteiger partial charge in [0.05, 0.1) is 29.3 Å². The van der Waals surface area contributed by atoms with Crippen molar-refractivity contribution in [3.63, 3.8) is 0 Å². The van der Waals surface area contributed by atoms with Crippen LogP contribution in [0.25, 0.3) is 4.85 Å². The molecular formula is C29H19F7N6S2. The molecule has 0 bridgehead atoms. The summed E-state index contributed by atoms with van der Waals surface area (Å²) >= 11 is 10.9. The number of aryl methyl sites for hydroxylation is 1. The molecule has 15 heteroatoms. The van der Waals surface area contributed by atoms with Crippen LogP contribution in [0.2, 0.25) is 0 Å². The lowest BCUT2D eigenvalue weighted by molar-refractivity contribution is -0.138. The molecule has 6 nitrogen and oxygen atoms in total. The van der Waals surface area contributed by atoms with Gasteiger partial charge in [0.15, 0.2) is 15.9 Å². The van der Waals surface area contributed by atoms with Gasteiger partial charge in [0.2, 0.25) is 0 Å². The fourth-order valence-electron chi connectivity index (χ4n) is 4.54. The average Bonchev–Trinajstić information content (AvgIpc) is 3.18. The first-order chi connectivity index (χ1) is 20.5. The number of hydrogen-bond acceptors (Lipinski definition) is 3. The summed E-state index contributed by atoms with van der Waals surface area (Å²) in [6, 6.07) is 13.7. The molecule has 3 aromatic rings. The topological polar surface area (TPSA) is 59.0 Å². The number of nitriles is 1. The molecule has 1 aliphatic heterocycles. The molecule has 1 N–H and O–H groups in total. The highest BCUT2D eigenvalue weighted by molar-refractivity contribution is 7.81. The second kappa shape index (κ2) is 11.8. The Kier molecular flexibility index (Phi) is 8.68. The van der Waals surface area contributed by atoms with Gasteiger partial charge in [-0.3, -0.25) is 4.90 Å². The van der Waals surface area contributed by atoms with Crippen LogP contribution in [0.15, 0.2) is 65.7 Å². The molecule has 1 heterocycles. The van der Waals surface area contributed by atoms with E-state index in [4.69, 9.17) is 36.3 Å². The Labute approximate surface area is 257 Å². The Hall–Kier alpha value is -4.60. The number of aliphatic imine (C=N–C) groups is 1. The number of benzene rings is 3. The third-order valence-electron chi connectivity index (χ3n) is 6.69. The van der Waals surface area contributed by atoms with Gasteiger partial charge >= 0.3 is 12.4 Å². The summed E-state index contributed by atoms with van der Waals surface area (Å²) in [5, 5.41) is 10.9. The largest absolute Gasteiger partial charge is 0.417 e. The van der Waals surface area contributed by atoms with Crippen LogP contribution in [-0.2, 0) is 12.4 Å². The van der Waals surface area contributed by atoms with Gasteiger partial charge in [-0.15, -0.1) is 0 Å². The van der Waals surface area contributed by atoms with Crippen LogP contribution < -0.4 is 15.1 Å². The maximum Gasteiger partial charge on any atom is 0.417 e. The van der Waals surface area contributed by atoms with Crippen molar-refractivity contribution in [2.45, 2.75) is 31.7 Å². The Morgan fingerprint density at radius 2 is 1.61 bits per heavy atom. The molecule has 44 heavy (non-hydrogen) atoms. The quantitative estimate of drug-likeness (QED) is 0.174. The molecule has 1 fully saturated rings. The highest BCUT2D eigenvalue weighted by Crippen LogP contribution is 2.43. The highest BCUT2D eigenvalue weighted by Gasteiger charge is 2.52. The zero-order valence-corrected chi connectivity index (χ0v) is 24.3. The molecule has 1 atom stereocenters. The van der Waals surface area contributed by atoms with Crippen molar-refractivity contribution in [1.82, 2.24) is 0 Å². The third kappa shape index (κ3) is 6.06. The minimum atomic E-state index is -4.92. The van der Waals surface area contributed by atoms with Crippen molar-refractivity contribution in [1.29, 1.82) is 5.26 Å². The van der Waals surface area contributed by atoms with Crippen LogP contribution in [0, 0.1) is 24.8 Å². The lowest BCUT2D eigenvalue weighted by atomic mass is 10.0. The van der Waals surface area contributed by atoms with Crippen LogP contribution >= 0.6 is 24.4 Å². The number of thiocarbonyl (C=S) groups is 2. The molecule has 1 unspecified atom stereocenters. The van der Waals surface area contributed by atoms with Crippen molar-refractivity contribution in [3.05, 3.63) is 94.3 Å². The van der Waals surface area contributed by atoms with Crippen LogP contribution in [0.5, 0.6) is 0 Å². The van der Waals surface area contributed by atoms with Gasteiger partial charge in [-0.05, 0) is 80.7 Å². The summed E-state index contributed by atoms with van der Waals surface area (Å²) in [5.41, 5.74) is -4.71. The predicted molar refractivity (Wildman–Crippen MR) is 161 cm³/mol. The third-order valence-corrected chi connectivity index (χ3v) is 7.25. The molecule has 1 saturated heterocycles. The molecule has 0 saturated carbocycles. The maximum absolute atomic E-state index is 15.1. The summed E-state index contributed by atoms with van der Waals surface area (Å²) < 4.78 is 97.3. The van der Waals surface area contributed by atoms with Crippen LogP contribution in [0.1, 0.15) is 29.2 Å². The van der Waals surface area contributed by atoms with Gasteiger partial charge in [0.1, 0.15) is 18.0 Å². The molecule has 3 aromatic carbocycles. The van der Waals surface area contributed by atoms with E-state index in [0.717, 1.165) is 28.7 Å². The van der Waals surface area contributed by atoms with E-state index >= 15 is 4.39 Å². The van der Waals surface area contributed by atoms with Gasteiger partial charge < -0.3 is 10.2 Å². The molecule has 0 aromatic heterocycles. The summed E-state index contributed by atoms with van der Waals surface area (Å²) in [6.07, 6.45) is -9.78. The SMILES string of the molecule is [C-]#[N+]c1ccc(N2C(=S)N(c3ccc(C)cc3)C(C)(CF)/C2=N\C(=S)Nc2ccc(C#N)c(C(F)(F)F)c2)cc1C(F)(F)F. The molecule has 4 rings (SSSR count). The van der Waals surface area contributed by atoms with E-state index in [-0.39, 0.29) is 22.3 Å². The zero-order chi connectivity index (χ0) is 32.6. The molecular weight excluding hydrogens is 629 g/mol. The van der Waals surface area contributed by atoms with E-state index in [9.17, 15) is 26.3 Å². The number of nitrogens with one attached hydrogen (secondary N) is 1. The molecule has 0 amide bonds. The molecule has 1 aliphatic rings. The monoisotopic (exact) mass is 648 g/mol. The molecule has 226 valence electrons. The van der Waals surface area contributed by atoms with E-state index in [1.165, 1.54) is 24.0 Å². The lowest BCUT2D eigenvalue weighted by Crippen LogP contribution is -2.49. The zero-order valence-electron chi connectivity index (χ0n) is 22.7. The van der Waals surface area contributed by atoms with E-state index in [0.29, 0.717) is 17.8 Å². The van der Waals surface area contributed by atoms with Gasteiger partial charge in [-0.25, -0.2) is 14.2 Å². The highest BCUT2D eigenvalue weighted by atomic mass is 32.1. The normalized spacial score (nSPS) is 17.9. The minimum Gasteiger partial charge on any atom is -0.331 e. The molecule has 0 aliphatic carbocycles. The molecule has 0 radical (unpaired) electrons. The first-order valence-electron chi connectivity index (χ1n) is 12.4. The first-order valence-corrected chi connectivity index (χ1v) is 13.2. The number of hydrogen-bond donors (Lipinski definition) is 1. The standard InChI is InChI=1S/C29H19F7N6S2/c1-16-4-8-19(9-5-16)42-26(44)41(20-10-11-23(38-3)22(13-20)29(34,35)36)24(27(42,2)15-30)40-25(43)39-18-7-6-17(14-37)21(12-18)28(31,32)33/h4-13H,15H2,1-2H3,(H,39,43)/b40-24+.